The van der Waals surface area contributed by atoms with Gasteiger partial charge in [-0.1, -0.05) is 59.0 Å². The summed E-state index contributed by atoms with van der Waals surface area (Å²) in [6, 6.07) is 0.495. The fourth-order valence-electron chi connectivity index (χ4n) is 1.75. The maximum atomic E-state index is 11.4. The molecule has 3 heteroatoms. The Morgan fingerprint density at radius 3 is 2.20 bits per heavy atom. The van der Waals surface area contributed by atoms with E-state index in [1.165, 1.54) is 23.7 Å². The minimum absolute atomic E-state index is 0.221. The van der Waals surface area contributed by atoms with E-state index >= 15 is 0 Å². The fraction of sp³-hybridized carbons (Fsp3) is 0.588. The molecule has 1 aliphatic rings. The predicted molar refractivity (Wildman–Crippen MR) is 95.2 cm³/mol. The van der Waals surface area contributed by atoms with Crippen LogP contribution >= 0.6 is 22.6 Å². The van der Waals surface area contributed by atoms with Crippen LogP contribution in [0.5, 0.6) is 0 Å². The molecule has 0 saturated heterocycles. The highest BCUT2D eigenvalue weighted by atomic mass is 127. The number of carbonyl (C=O) groups excluding carboxylic acids is 1. The Balaban J connectivity index is 1.88. The lowest BCUT2D eigenvalue weighted by Gasteiger charge is -2.00. The molecule has 1 amide bonds. The average Bonchev–Trinajstić information content (AvgIpc) is 3.24. The molecule has 0 unspecified atom stereocenters. The third kappa shape index (κ3) is 11.3. The summed E-state index contributed by atoms with van der Waals surface area (Å²) in [6.45, 7) is 0. The molecule has 0 bridgehead atoms. The lowest BCUT2D eigenvalue weighted by molar-refractivity contribution is -0.121. The van der Waals surface area contributed by atoms with E-state index in [4.69, 9.17) is 0 Å². The number of halogens is 1. The standard InChI is InChI=1S/C17H26INO/c18-15-11-9-7-5-3-1-2-4-6-8-10-12-17(20)19-16-13-14-16/h1,3-4,6-7,9,16H,2,5,8,10-15H2,(H,19,20)/b3-1-,6-4-,9-7-. The third-order valence-electron chi connectivity index (χ3n) is 3.04. The topological polar surface area (TPSA) is 29.1 Å². The molecule has 1 rings (SSSR count). The summed E-state index contributed by atoms with van der Waals surface area (Å²) in [4.78, 5) is 11.4. The number of hydrogen-bond donors (Lipinski definition) is 1. The third-order valence-corrected chi connectivity index (χ3v) is 3.66. The van der Waals surface area contributed by atoms with Gasteiger partial charge in [0.15, 0.2) is 0 Å². The van der Waals surface area contributed by atoms with Gasteiger partial charge in [0.05, 0.1) is 0 Å². The minimum atomic E-state index is 0.221. The molecule has 2 nitrogen and oxygen atoms in total. The van der Waals surface area contributed by atoms with Crippen LogP contribution in [-0.2, 0) is 4.79 Å². The van der Waals surface area contributed by atoms with Crippen LogP contribution in [-0.4, -0.2) is 16.4 Å². The number of nitrogens with one attached hydrogen (secondary N) is 1. The molecular formula is C17H26INO. The molecule has 0 heterocycles. The number of hydrogen-bond acceptors (Lipinski definition) is 1. The molecule has 0 aliphatic heterocycles. The second kappa shape index (κ2) is 12.2. The second-order valence-electron chi connectivity index (χ2n) is 5.10. The first-order chi connectivity index (χ1) is 9.83. The molecule has 1 aliphatic carbocycles. The Bertz CT molecular complexity index is 343. The highest BCUT2D eigenvalue weighted by Gasteiger charge is 2.22. The van der Waals surface area contributed by atoms with Crippen molar-refractivity contribution in [1.29, 1.82) is 0 Å². The summed E-state index contributed by atoms with van der Waals surface area (Å²) in [5.74, 6) is 0.221. The van der Waals surface area contributed by atoms with Gasteiger partial charge in [0.1, 0.15) is 0 Å². The number of rotatable bonds is 11. The number of amides is 1. The van der Waals surface area contributed by atoms with E-state index in [2.05, 4.69) is 64.4 Å². The van der Waals surface area contributed by atoms with E-state index < -0.39 is 0 Å². The molecule has 0 radical (unpaired) electrons. The summed E-state index contributed by atoms with van der Waals surface area (Å²) in [6.07, 6.45) is 21.4. The van der Waals surface area contributed by atoms with Gasteiger partial charge in [-0.15, -0.1) is 0 Å². The Morgan fingerprint density at radius 2 is 1.60 bits per heavy atom. The van der Waals surface area contributed by atoms with E-state index in [0.717, 1.165) is 25.7 Å². The van der Waals surface area contributed by atoms with Crippen molar-refractivity contribution >= 4 is 28.5 Å². The summed E-state index contributed by atoms with van der Waals surface area (Å²) in [7, 11) is 0. The van der Waals surface area contributed by atoms with Crippen molar-refractivity contribution < 1.29 is 4.79 Å². The van der Waals surface area contributed by atoms with Gasteiger partial charge in [0.2, 0.25) is 5.91 Å². The number of unbranched alkanes of at least 4 members (excludes halogenated alkanes) is 1. The molecule has 1 N–H and O–H groups in total. The zero-order chi connectivity index (χ0) is 14.5. The largest absolute Gasteiger partial charge is 0.353 e. The van der Waals surface area contributed by atoms with Crippen molar-refractivity contribution in [2.45, 2.75) is 57.4 Å². The quantitative estimate of drug-likeness (QED) is 0.237. The highest BCUT2D eigenvalue weighted by Crippen LogP contribution is 2.18. The van der Waals surface area contributed by atoms with Gasteiger partial charge in [-0.3, -0.25) is 4.79 Å². The first-order valence-electron chi connectivity index (χ1n) is 7.63. The van der Waals surface area contributed by atoms with E-state index in [0.29, 0.717) is 12.5 Å². The lowest BCUT2D eigenvalue weighted by Crippen LogP contribution is -2.24. The minimum Gasteiger partial charge on any atom is -0.353 e. The summed E-state index contributed by atoms with van der Waals surface area (Å²) in [5, 5.41) is 3.01. The monoisotopic (exact) mass is 387 g/mol. The Hall–Kier alpha value is -0.580. The molecule has 0 atom stereocenters. The molecular weight excluding hydrogens is 361 g/mol. The zero-order valence-corrected chi connectivity index (χ0v) is 14.3. The Kier molecular flexibility index (Phi) is 10.6. The summed E-state index contributed by atoms with van der Waals surface area (Å²) < 4.78 is 1.19. The number of allylic oxidation sites excluding steroid dienone is 6. The van der Waals surface area contributed by atoms with Gasteiger partial charge >= 0.3 is 0 Å². The highest BCUT2D eigenvalue weighted by molar-refractivity contribution is 14.1. The maximum Gasteiger partial charge on any atom is 0.220 e. The van der Waals surface area contributed by atoms with Gasteiger partial charge in [-0.2, -0.15) is 0 Å². The molecule has 0 aromatic carbocycles. The second-order valence-corrected chi connectivity index (χ2v) is 6.18. The molecule has 1 saturated carbocycles. The van der Waals surface area contributed by atoms with Crippen LogP contribution in [0.1, 0.15) is 51.4 Å². The Morgan fingerprint density at radius 1 is 1.00 bits per heavy atom. The van der Waals surface area contributed by atoms with Gasteiger partial charge in [-0.05, 0) is 44.9 Å². The number of alkyl halides is 1. The van der Waals surface area contributed by atoms with Crippen LogP contribution in [0.25, 0.3) is 0 Å². The fourth-order valence-corrected chi connectivity index (χ4v) is 2.11. The van der Waals surface area contributed by atoms with E-state index in [1.54, 1.807) is 0 Å². The van der Waals surface area contributed by atoms with E-state index in [1.807, 2.05) is 0 Å². The molecule has 0 aromatic heterocycles. The first-order valence-corrected chi connectivity index (χ1v) is 9.16. The molecule has 0 spiro atoms. The molecule has 112 valence electrons. The normalized spacial score (nSPS) is 15.7. The molecule has 20 heavy (non-hydrogen) atoms. The van der Waals surface area contributed by atoms with Crippen molar-refractivity contribution in [2.24, 2.45) is 0 Å². The van der Waals surface area contributed by atoms with Crippen molar-refractivity contribution in [1.82, 2.24) is 5.32 Å². The van der Waals surface area contributed by atoms with E-state index in [-0.39, 0.29) is 5.91 Å². The van der Waals surface area contributed by atoms with Crippen LogP contribution in [0.2, 0.25) is 0 Å². The van der Waals surface area contributed by atoms with Crippen molar-refractivity contribution in [3.05, 3.63) is 36.5 Å². The average molecular weight is 387 g/mol. The van der Waals surface area contributed by atoms with Gasteiger partial charge in [0.25, 0.3) is 0 Å². The van der Waals surface area contributed by atoms with Crippen LogP contribution in [0.15, 0.2) is 36.5 Å². The maximum absolute atomic E-state index is 11.4. The van der Waals surface area contributed by atoms with Crippen LogP contribution in [0, 0.1) is 0 Å². The SMILES string of the molecule is O=C(CCC/C=C\C/C=C\C/C=C\CCI)NC1CC1. The van der Waals surface area contributed by atoms with Gasteiger partial charge < -0.3 is 5.32 Å². The summed E-state index contributed by atoms with van der Waals surface area (Å²) in [5.41, 5.74) is 0. The van der Waals surface area contributed by atoms with Crippen LogP contribution in [0.3, 0.4) is 0 Å². The smallest absolute Gasteiger partial charge is 0.220 e. The summed E-state index contributed by atoms with van der Waals surface area (Å²) >= 11 is 2.39. The van der Waals surface area contributed by atoms with E-state index in [9.17, 15) is 4.79 Å². The number of carbonyl (C=O) groups is 1. The van der Waals surface area contributed by atoms with Gasteiger partial charge in [-0.25, -0.2) is 0 Å². The Labute approximate surface area is 136 Å². The lowest BCUT2D eigenvalue weighted by atomic mass is 10.2. The van der Waals surface area contributed by atoms with Crippen LogP contribution < -0.4 is 5.32 Å². The van der Waals surface area contributed by atoms with Crippen molar-refractivity contribution in [2.75, 3.05) is 4.43 Å². The predicted octanol–water partition coefficient (Wildman–Crippen LogP) is 4.71. The first kappa shape index (κ1) is 17.5. The van der Waals surface area contributed by atoms with Crippen molar-refractivity contribution in [3.63, 3.8) is 0 Å². The van der Waals surface area contributed by atoms with Gasteiger partial charge in [0, 0.05) is 16.9 Å². The zero-order valence-electron chi connectivity index (χ0n) is 12.2. The molecule has 0 aromatic rings. The molecule has 1 fully saturated rings. The van der Waals surface area contributed by atoms with Crippen LogP contribution in [0.4, 0.5) is 0 Å². The van der Waals surface area contributed by atoms with Crippen molar-refractivity contribution in [3.8, 4) is 0 Å².